The van der Waals surface area contributed by atoms with Crippen LogP contribution < -0.4 is 5.32 Å². The van der Waals surface area contributed by atoms with Gasteiger partial charge in [-0.15, -0.1) is 0 Å². The molecule has 1 saturated heterocycles. The second kappa shape index (κ2) is 10.2. The molecule has 4 aromatic rings. The van der Waals surface area contributed by atoms with Crippen LogP contribution in [0.3, 0.4) is 0 Å². The fourth-order valence-electron chi connectivity index (χ4n) is 5.66. The summed E-state index contributed by atoms with van der Waals surface area (Å²) in [5.41, 5.74) is 3.39. The van der Waals surface area contributed by atoms with E-state index in [1.54, 1.807) is 6.20 Å². The Balaban J connectivity index is 1.21. The number of nitrogens with zero attached hydrogens (tertiary/aromatic N) is 5. The molecule has 6 rings (SSSR count). The quantitative estimate of drug-likeness (QED) is 0.225. The summed E-state index contributed by atoms with van der Waals surface area (Å²) < 4.78 is 5.34. The zero-order chi connectivity index (χ0) is 28.8. The van der Waals surface area contributed by atoms with E-state index in [0.717, 1.165) is 60.1 Å². The molecule has 0 spiro atoms. The van der Waals surface area contributed by atoms with Gasteiger partial charge in [0.15, 0.2) is 11.5 Å². The molecule has 1 amide bonds. The summed E-state index contributed by atoms with van der Waals surface area (Å²) in [5, 5.41) is 16.0. The Hall–Kier alpha value is -4.34. The topological polar surface area (TPSA) is 130 Å². The first-order valence-electron chi connectivity index (χ1n) is 14.2. The standard InChI is InChI=1S/C31H35N7O3/c1-5-24(40)38-16-6-7-21(18-38)33-28-25-22(12-15-32-27(25)35-36-28)19-8-10-20(11-9-19)31(13-14-31)17-23(39)26-34-29(41-37-26)30(2,3)4/h5,8-12,15,21H,1,6-7,13-14,16-18H2,2-4H3,(H2,32,33,35,36)/t21-/m1/s1. The molecule has 2 fully saturated rings. The summed E-state index contributed by atoms with van der Waals surface area (Å²) in [7, 11) is 0. The van der Waals surface area contributed by atoms with Crippen molar-refractivity contribution in [1.82, 2.24) is 30.2 Å². The molecule has 10 heteroatoms. The van der Waals surface area contributed by atoms with Crippen LogP contribution in [0.2, 0.25) is 0 Å². The van der Waals surface area contributed by atoms with Gasteiger partial charge in [-0.3, -0.25) is 14.7 Å². The molecule has 0 unspecified atom stereocenters. The fourth-order valence-corrected chi connectivity index (χ4v) is 5.66. The van der Waals surface area contributed by atoms with E-state index >= 15 is 0 Å². The van der Waals surface area contributed by atoms with Gasteiger partial charge in [0.05, 0.1) is 5.39 Å². The number of ketones is 1. The Kier molecular flexibility index (Phi) is 6.71. The van der Waals surface area contributed by atoms with Crippen LogP contribution in [-0.4, -0.2) is 61.0 Å². The number of benzene rings is 1. The van der Waals surface area contributed by atoms with Crippen molar-refractivity contribution in [2.45, 2.75) is 69.7 Å². The third-order valence-electron chi connectivity index (χ3n) is 8.19. The maximum Gasteiger partial charge on any atom is 0.246 e. The number of hydrogen-bond acceptors (Lipinski definition) is 8. The van der Waals surface area contributed by atoms with Crippen molar-refractivity contribution in [3.8, 4) is 11.1 Å². The maximum atomic E-state index is 13.1. The lowest BCUT2D eigenvalue weighted by Gasteiger charge is -2.32. The molecule has 212 valence electrons. The monoisotopic (exact) mass is 553 g/mol. The molecule has 1 saturated carbocycles. The van der Waals surface area contributed by atoms with E-state index in [4.69, 9.17) is 4.52 Å². The van der Waals surface area contributed by atoms with Gasteiger partial charge < -0.3 is 14.7 Å². The number of rotatable bonds is 8. The van der Waals surface area contributed by atoms with Crippen LogP contribution in [0, 0.1) is 0 Å². The minimum atomic E-state index is -0.303. The molecule has 0 bridgehead atoms. The van der Waals surface area contributed by atoms with Crippen LogP contribution >= 0.6 is 0 Å². The number of Topliss-reactive ketones (excluding diaryl/α,β-unsaturated/α-hetero) is 1. The second-order valence-corrected chi connectivity index (χ2v) is 12.3. The average molecular weight is 554 g/mol. The smallest absolute Gasteiger partial charge is 0.246 e. The van der Waals surface area contributed by atoms with Gasteiger partial charge in [-0.25, -0.2) is 4.98 Å². The third kappa shape index (κ3) is 5.26. The van der Waals surface area contributed by atoms with E-state index in [2.05, 4.69) is 61.5 Å². The number of aromatic nitrogens is 5. The summed E-state index contributed by atoms with van der Waals surface area (Å²) in [6.07, 6.45) is 7.26. The van der Waals surface area contributed by atoms with E-state index in [1.165, 1.54) is 6.08 Å². The van der Waals surface area contributed by atoms with Gasteiger partial charge in [0, 0.05) is 42.6 Å². The zero-order valence-electron chi connectivity index (χ0n) is 23.7. The highest BCUT2D eigenvalue weighted by atomic mass is 16.5. The van der Waals surface area contributed by atoms with Crippen molar-refractivity contribution in [3.05, 3.63) is 66.5 Å². The summed E-state index contributed by atoms with van der Waals surface area (Å²) in [6, 6.07) is 10.5. The molecule has 0 radical (unpaired) electrons. The van der Waals surface area contributed by atoms with Gasteiger partial charge in [-0.2, -0.15) is 10.1 Å². The van der Waals surface area contributed by atoms with Crippen LogP contribution in [0.4, 0.5) is 5.82 Å². The molecule has 4 heterocycles. The highest BCUT2D eigenvalue weighted by Gasteiger charge is 2.46. The number of hydrogen-bond donors (Lipinski definition) is 2. The number of H-pyrrole nitrogens is 1. The first kappa shape index (κ1) is 26.9. The van der Waals surface area contributed by atoms with E-state index in [9.17, 15) is 9.59 Å². The first-order chi connectivity index (χ1) is 19.7. The summed E-state index contributed by atoms with van der Waals surface area (Å²) in [6.45, 7) is 10.9. The fraction of sp³-hybridized carbons (Fsp3) is 0.419. The third-order valence-corrected chi connectivity index (χ3v) is 8.19. The van der Waals surface area contributed by atoms with Crippen molar-refractivity contribution in [1.29, 1.82) is 0 Å². The van der Waals surface area contributed by atoms with E-state index in [1.807, 2.05) is 31.7 Å². The highest BCUT2D eigenvalue weighted by Crippen LogP contribution is 2.52. The van der Waals surface area contributed by atoms with Crippen molar-refractivity contribution in [3.63, 3.8) is 0 Å². The number of nitrogens with one attached hydrogen (secondary N) is 2. The minimum Gasteiger partial charge on any atom is -0.364 e. The predicted molar refractivity (Wildman–Crippen MR) is 156 cm³/mol. The Morgan fingerprint density at radius 1 is 1.22 bits per heavy atom. The largest absolute Gasteiger partial charge is 0.364 e. The normalized spacial score (nSPS) is 18.3. The second-order valence-electron chi connectivity index (χ2n) is 12.3. The van der Waals surface area contributed by atoms with Crippen LogP contribution in [0.1, 0.15) is 74.9 Å². The molecule has 1 atom stereocenters. The first-order valence-corrected chi connectivity index (χ1v) is 14.2. The van der Waals surface area contributed by atoms with E-state index in [0.29, 0.717) is 24.5 Å². The Bertz CT molecular complexity index is 1610. The molecule has 1 aromatic carbocycles. The number of aromatic amines is 1. The molecular weight excluding hydrogens is 518 g/mol. The van der Waals surface area contributed by atoms with E-state index < -0.39 is 0 Å². The van der Waals surface area contributed by atoms with Gasteiger partial charge in [-0.1, -0.05) is 56.8 Å². The number of amides is 1. The SMILES string of the molecule is C=CC(=O)N1CCC[C@@H](Nc2n[nH]c3nccc(-c4ccc(C5(CC(=O)c6noc(C(C)(C)C)n6)CC5)cc4)c23)C1. The number of piperidine rings is 1. The number of pyridine rings is 1. The van der Waals surface area contributed by atoms with Gasteiger partial charge in [0.2, 0.25) is 23.4 Å². The molecule has 3 aromatic heterocycles. The van der Waals surface area contributed by atoms with Crippen LogP contribution in [0.5, 0.6) is 0 Å². The van der Waals surface area contributed by atoms with Crippen LogP contribution in [0.15, 0.2) is 53.7 Å². The van der Waals surface area contributed by atoms with Crippen LogP contribution in [0.25, 0.3) is 22.2 Å². The lowest BCUT2D eigenvalue weighted by molar-refractivity contribution is -0.127. The maximum absolute atomic E-state index is 13.1. The summed E-state index contributed by atoms with van der Waals surface area (Å²) >= 11 is 0. The van der Waals surface area contributed by atoms with Crippen molar-refractivity contribution in [2.75, 3.05) is 18.4 Å². The molecule has 1 aliphatic carbocycles. The number of fused-ring (bicyclic) bond motifs is 1. The summed E-state index contributed by atoms with van der Waals surface area (Å²) in [4.78, 5) is 35.9. The van der Waals surface area contributed by atoms with Gasteiger partial charge in [-0.05, 0) is 54.5 Å². The zero-order valence-corrected chi connectivity index (χ0v) is 23.7. The lowest BCUT2D eigenvalue weighted by atomic mass is 9.89. The molecule has 2 N–H and O–H groups in total. The molecule has 2 aliphatic rings. The number of likely N-dealkylation sites (tertiary alicyclic amines) is 1. The summed E-state index contributed by atoms with van der Waals surface area (Å²) in [5.74, 6) is 1.22. The Morgan fingerprint density at radius 2 is 2.00 bits per heavy atom. The number of anilines is 1. The number of carbonyl (C=O) groups is 2. The van der Waals surface area contributed by atoms with Gasteiger partial charge in [0.1, 0.15) is 0 Å². The van der Waals surface area contributed by atoms with Crippen molar-refractivity contribution in [2.24, 2.45) is 0 Å². The van der Waals surface area contributed by atoms with Crippen molar-refractivity contribution >= 4 is 28.5 Å². The van der Waals surface area contributed by atoms with Gasteiger partial charge in [0.25, 0.3) is 0 Å². The average Bonchev–Trinajstić information content (AvgIpc) is 3.37. The van der Waals surface area contributed by atoms with Crippen LogP contribution in [-0.2, 0) is 15.6 Å². The molecule has 1 aliphatic heterocycles. The minimum absolute atomic E-state index is 0.0482. The molecule has 10 nitrogen and oxygen atoms in total. The van der Waals surface area contributed by atoms with E-state index in [-0.39, 0.29) is 34.4 Å². The van der Waals surface area contributed by atoms with Crippen molar-refractivity contribution < 1.29 is 14.1 Å². The Labute approximate surface area is 238 Å². The number of carbonyl (C=O) groups excluding carboxylic acids is 2. The molecular formula is C31H35N7O3. The predicted octanol–water partition coefficient (Wildman–Crippen LogP) is 5.20. The lowest BCUT2D eigenvalue weighted by Crippen LogP contribution is -2.44. The van der Waals surface area contributed by atoms with Gasteiger partial charge >= 0.3 is 0 Å². The molecule has 41 heavy (non-hydrogen) atoms. The Morgan fingerprint density at radius 3 is 2.68 bits per heavy atom. The highest BCUT2D eigenvalue weighted by molar-refractivity contribution is 6.00.